The summed E-state index contributed by atoms with van der Waals surface area (Å²) in [5.41, 5.74) is 0.882. The molecule has 4 nitrogen and oxygen atoms in total. The highest BCUT2D eigenvalue weighted by atomic mass is 32.2. The number of hydrogen-bond donors (Lipinski definition) is 1. The second-order valence-electron chi connectivity index (χ2n) is 5.85. The molecule has 25 heavy (non-hydrogen) atoms. The fourth-order valence-electron chi connectivity index (χ4n) is 2.72. The third-order valence-electron chi connectivity index (χ3n) is 4.05. The van der Waals surface area contributed by atoms with Crippen molar-refractivity contribution < 1.29 is 13.2 Å². The van der Waals surface area contributed by atoms with Crippen LogP contribution < -0.4 is 9.46 Å². The first-order valence-electron chi connectivity index (χ1n) is 8.23. The van der Waals surface area contributed by atoms with E-state index < -0.39 is 10.0 Å². The van der Waals surface area contributed by atoms with E-state index in [1.54, 1.807) is 12.1 Å². The fourth-order valence-corrected chi connectivity index (χ4v) is 3.99. The highest BCUT2D eigenvalue weighted by molar-refractivity contribution is 7.89. The molecule has 0 amide bonds. The van der Waals surface area contributed by atoms with Crippen LogP contribution in [0.1, 0.15) is 25.5 Å². The lowest BCUT2D eigenvalue weighted by Crippen LogP contribution is -2.26. The lowest BCUT2D eigenvalue weighted by Gasteiger charge is -2.15. The molecular formula is C20H21NO3S. The number of hydrogen-bond acceptors (Lipinski definition) is 3. The quantitative estimate of drug-likeness (QED) is 0.718. The first kappa shape index (κ1) is 17.5. The van der Waals surface area contributed by atoms with Gasteiger partial charge >= 0.3 is 0 Å². The normalized spacial score (nSPS) is 12.9. The Morgan fingerprint density at radius 2 is 1.64 bits per heavy atom. The van der Waals surface area contributed by atoms with Gasteiger partial charge in [0.25, 0.3) is 0 Å². The molecule has 0 unspecified atom stereocenters. The van der Waals surface area contributed by atoms with Crippen LogP contribution in [0.2, 0.25) is 0 Å². The van der Waals surface area contributed by atoms with Crippen molar-refractivity contribution >= 4 is 20.8 Å². The molecule has 0 aromatic heterocycles. The van der Waals surface area contributed by atoms with E-state index in [0.29, 0.717) is 6.61 Å². The van der Waals surface area contributed by atoms with E-state index in [1.807, 2.05) is 68.4 Å². The second kappa shape index (κ2) is 7.25. The van der Waals surface area contributed by atoms with Gasteiger partial charge in [0.1, 0.15) is 5.75 Å². The zero-order chi connectivity index (χ0) is 17.9. The smallest absolute Gasteiger partial charge is 0.241 e. The molecule has 3 aromatic carbocycles. The Bertz CT molecular complexity index is 966. The predicted octanol–water partition coefficient (Wildman–Crippen LogP) is 4.28. The summed E-state index contributed by atoms with van der Waals surface area (Å²) >= 11 is 0. The molecule has 0 spiro atoms. The van der Waals surface area contributed by atoms with Crippen LogP contribution in [-0.2, 0) is 10.0 Å². The van der Waals surface area contributed by atoms with Crippen molar-refractivity contribution in [3.8, 4) is 5.75 Å². The van der Waals surface area contributed by atoms with E-state index in [1.165, 1.54) is 0 Å². The molecule has 0 heterocycles. The third kappa shape index (κ3) is 4.00. The van der Waals surface area contributed by atoms with Gasteiger partial charge < -0.3 is 4.74 Å². The van der Waals surface area contributed by atoms with Gasteiger partial charge in [0.05, 0.1) is 11.5 Å². The molecule has 0 aliphatic heterocycles. The van der Waals surface area contributed by atoms with Crippen molar-refractivity contribution in [2.75, 3.05) is 6.61 Å². The molecule has 0 saturated heterocycles. The van der Waals surface area contributed by atoms with Crippen LogP contribution in [0.3, 0.4) is 0 Å². The number of benzene rings is 3. The zero-order valence-corrected chi connectivity index (χ0v) is 15.1. The molecule has 0 radical (unpaired) electrons. The van der Waals surface area contributed by atoms with Crippen molar-refractivity contribution in [1.29, 1.82) is 0 Å². The van der Waals surface area contributed by atoms with E-state index in [-0.39, 0.29) is 10.9 Å². The van der Waals surface area contributed by atoms with Gasteiger partial charge in [0, 0.05) is 6.04 Å². The lowest BCUT2D eigenvalue weighted by atomic mass is 10.1. The van der Waals surface area contributed by atoms with Crippen LogP contribution in [0.4, 0.5) is 0 Å². The van der Waals surface area contributed by atoms with Gasteiger partial charge in [-0.15, -0.1) is 0 Å². The topological polar surface area (TPSA) is 55.4 Å². The molecular weight excluding hydrogens is 334 g/mol. The Balaban J connectivity index is 1.81. The highest BCUT2D eigenvalue weighted by Gasteiger charge is 2.18. The van der Waals surface area contributed by atoms with Gasteiger partial charge in [-0.1, -0.05) is 42.5 Å². The summed E-state index contributed by atoms with van der Waals surface area (Å²) in [6, 6.07) is 20.0. The molecule has 3 rings (SSSR count). The number of rotatable bonds is 6. The Hall–Kier alpha value is -2.37. The second-order valence-corrected chi connectivity index (χ2v) is 7.57. The van der Waals surface area contributed by atoms with Crippen LogP contribution in [0, 0.1) is 0 Å². The summed E-state index contributed by atoms with van der Waals surface area (Å²) in [5, 5.41) is 1.92. The van der Waals surface area contributed by atoms with Crippen molar-refractivity contribution in [1.82, 2.24) is 4.72 Å². The number of fused-ring (bicyclic) bond motifs is 1. The molecule has 0 bridgehead atoms. The molecule has 0 aliphatic rings. The van der Waals surface area contributed by atoms with Gasteiger partial charge in [0.2, 0.25) is 10.0 Å². The maximum atomic E-state index is 12.7. The Morgan fingerprint density at radius 3 is 2.32 bits per heavy atom. The summed E-state index contributed by atoms with van der Waals surface area (Å²) in [7, 11) is -3.60. The molecule has 0 aliphatic carbocycles. The lowest BCUT2D eigenvalue weighted by molar-refractivity contribution is 0.340. The van der Waals surface area contributed by atoms with Crippen LogP contribution in [0.5, 0.6) is 5.75 Å². The fraction of sp³-hybridized carbons (Fsp3) is 0.200. The molecule has 130 valence electrons. The molecule has 3 aromatic rings. The van der Waals surface area contributed by atoms with Gasteiger partial charge in [-0.05, 0) is 54.4 Å². The SMILES string of the molecule is CCOc1ccc([C@H](C)NS(=O)(=O)c2ccc3ccccc3c2)cc1. The number of ether oxygens (including phenoxy) is 1. The largest absolute Gasteiger partial charge is 0.494 e. The van der Waals surface area contributed by atoms with Crippen molar-refractivity contribution in [3.05, 3.63) is 72.3 Å². The summed E-state index contributed by atoms with van der Waals surface area (Å²) in [4.78, 5) is 0.268. The van der Waals surface area contributed by atoms with Gasteiger partial charge in [0.15, 0.2) is 0 Å². The summed E-state index contributed by atoms with van der Waals surface area (Å²) in [5.74, 6) is 0.774. The molecule has 5 heteroatoms. The van der Waals surface area contributed by atoms with E-state index in [4.69, 9.17) is 4.74 Å². The van der Waals surface area contributed by atoms with Gasteiger partial charge in [-0.3, -0.25) is 0 Å². The molecule has 1 atom stereocenters. The van der Waals surface area contributed by atoms with Gasteiger partial charge in [-0.25, -0.2) is 13.1 Å². The number of nitrogens with one attached hydrogen (secondary N) is 1. The summed E-state index contributed by atoms with van der Waals surface area (Å²) in [6.07, 6.45) is 0. The third-order valence-corrected chi connectivity index (χ3v) is 5.59. The Morgan fingerprint density at radius 1 is 0.960 bits per heavy atom. The van der Waals surface area contributed by atoms with Crippen molar-refractivity contribution in [3.63, 3.8) is 0 Å². The van der Waals surface area contributed by atoms with E-state index in [0.717, 1.165) is 22.1 Å². The highest BCUT2D eigenvalue weighted by Crippen LogP contribution is 2.22. The maximum Gasteiger partial charge on any atom is 0.241 e. The van der Waals surface area contributed by atoms with Gasteiger partial charge in [-0.2, -0.15) is 0 Å². The molecule has 0 fully saturated rings. The van der Waals surface area contributed by atoms with Crippen molar-refractivity contribution in [2.45, 2.75) is 24.8 Å². The monoisotopic (exact) mass is 355 g/mol. The first-order chi connectivity index (χ1) is 12.0. The average Bonchev–Trinajstić information content (AvgIpc) is 2.62. The van der Waals surface area contributed by atoms with Crippen molar-refractivity contribution in [2.24, 2.45) is 0 Å². The summed E-state index contributed by atoms with van der Waals surface area (Å²) in [6.45, 7) is 4.35. The Labute approximate surface area is 148 Å². The molecule has 1 N–H and O–H groups in total. The van der Waals surface area contributed by atoms with E-state index >= 15 is 0 Å². The van der Waals surface area contributed by atoms with Crippen LogP contribution in [0.25, 0.3) is 10.8 Å². The molecule has 0 saturated carbocycles. The Kier molecular flexibility index (Phi) is 5.06. The van der Waals surface area contributed by atoms with E-state index in [9.17, 15) is 8.42 Å². The minimum absolute atomic E-state index is 0.268. The standard InChI is InChI=1S/C20H21NO3S/c1-3-24-19-11-8-16(9-12-19)15(2)21-25(22,23)20-13-10-17-6-4-5-7-18(17)14-20/h4-15,21H,3H2,1-2H3/t15-/m0/s1. The summed E-state index contributed by atoms with van der Waals surface area (Å²) < 4.78 is 33.5. The van der Waals surface area contributed by atoms with Crippen LogP contribution in [0.15, 0.2) is 71.6 Å². The van der Waals surface area contributed by atoms with E-state index in [2.05, 4.69) is 4.72 Å². The first-order valence-corrected chi connectivity index (χ1v) is 9.72. The van der Waals surface area contributed by atoms with Crippen LogP contribution >= 0.6 is 0 Å². The zero-order valence-electron chi connectivity index (χ0n) is 14.3. The maximum absolute atomic E-state index is 12.7. The number of sulfonamides is 1. The predicted molar refractivity (Wildman–Crippen MR) is 100 cm³/mol. The minimum Gasteiger partial charge on any atom is -0.494 e. The minimum atomic E-state index is -3.60. The average molecular weight is 355 g/mol. The van der Waals surface area contributed by atoms with Crippen LogP contribution in [-0.4, -0.2) is 15.0 Å².